The van der Waals surface area contributed by atoms with Crippen LogP contribution in [0.2, 0.25) is 5.02 Å². The number of nitrogens with zero attached hydrogens (tertiary/aromatic N) is 2. The van der Waals surface area contributed by atoms with Crippen molar-refractivity contribution in [1.82, 2.24) is 9.78 Å². The van der Waals surface area contributed by atoms with Crippen LogP contribution >= 0.6 is 11.6 Å². The molecule has 0 spiro atoms. The Labute approximate surface area is 165 Å². The standard InChI is InChI=1S/C20H16ClFN2O4/c21-18-4-2-1-3-13(18)8-24-9-16(7-23-24)20(25)27-11-15-6-17(22)5-14-10-26-12-28-19(14)15/h1-7,9H,8,10-12H2. The molecule has 144 valence electrons. The van der Waals surface area contributed by atoms with Crippen LogP contribution in [0.4, 0.5) is 4.39 Å². The lowest BCUT2D eigenvalue weighted by molar-refractivity contribution is -0.0182. The number of aromatic nitrogens is 2. The molecule has 0 unspecified atom stereocenters. The van der Waals surface area contributed by atoms with Gasteiger partial charge in [0.2, 0.25) is 0 Å². The first-order chi connectivity index (χ1) is 13.6. The first-order valence-electron chi connectivity index (χ1n) is 8.55. The lowest BCUT2D eigenvalue weighted by atomic mass is 10.1. The van der Waals surface area contributed by atoms with Gasteiger partial charge in [0.25, 0.3) is 0 Å². The van der Waals surface area contributed by atoms with Crippen LogP contribution in [-0.2, 0) is 29.2 Å². The summed E-state index contributed by atoms with van der Waals surface area (Å²) in [6.07, 6.45) is 3.00. The summed E-state index contributed by atoms with van der Waals surface area (Å²) in [5.41, 5.74) is 2.22. The Morgan fingerprint density at radius 1 is 1.29 bits per heavy atom. The number of hydrogen-bond donors (Lipinski definition) is 0. The minimum absolute atomic E-state index is 0.0778. The second kappa shape index (κ2) is 8.00. The molecule has 0 radical (unpaired) electrons. The summed E-state index contributed by atoms with van der Waals surface area (Å²) in [5, 5.41) is 4.80. The lowest BCUT2D eigenvalue weighted by Crippen LogP contribution is -2.14. The lowest BCUT2D eigenvalue weighted by Gasteiger charge is -2.20. The average Bonchev–Trinajstić information content (AvgIpc) is 3.16. The zero-order valence-corrected chi connectivity index (χ0v) is 15.5. The van der Waals surface area contributed by atoms with Crippen molar-refractivity contribution in [2.75, 3.05) is 6.79 Å². The van der Waals surface area contributed by atoms with Crippen LogP contribution in [0.3, 0.4) is 0 Å². The molecule has 1 aliphatic heterocycles. The van der Waals surface area contributed by atoms with Gasteiger partial charge in [0, 0.05) is 22.3 Å². The van der Waals surface area contributed by atoms with Gasteiger partial charge in [-0.25, -0.2) is 9.18 Å². The predicted octanol–water partition coefficient (Wildman–Crippen LogP) is 3.95. The maximum absolute atomic E-state index is 13.8. The summed E-state index contributed by atoms with van der Waals surface area (Å²) in [5.74, 6) is -0.503. The summed E-state index contributed by atoms with van der Waals surface area (Å²) in [4.78, 5) is 12.3. The highest BCUT2D eigenvalue weighted by Gasteiger charge is 2.19. The highest BCUT2D eigenvalue weighted by atomic mass is 35.5. The van der Waals surface area contributed by atoms with Crippen molar-refractivity contribution in [3.8, 4) is 5.75 Å². The highest BCUT2D eigenvalue weighted by molar-refractivity contribution is 6.31. The van der Waals surface area contributed by atoms with Gasteiger partial charge >= 0.3 is 5.97 Å². The Morgan fingerprint density at radius 2 is 2.14 bits per heavy atom. The third-order valence-electron chi connectivity index (χ3n) is 4.27. The second-order valence-electron chi connectivity index (χ2n) is 6.26. The van der Waals surface area contributed by atoms with Crippen LogP contribution in [0.15, 0.2) is 48.8 Å². The number of benzene rings is 2. The van der Waals surface area contributed by atoms with E-state index in [0.29, 0.717) is 34.0 Å². The number of carbonyl (C=O) groups excluding carboxylic acids is 1. The molecule has 0 amide bonds. The van der Waals surface area contributed by atoms with Crippen molar-refractivity contribution in [2.24, 2.45) is 0 Å². The smallest absolute Gasteiger partial charge is 0.341 e. The van der Waals surface area contributed by atoms with Gasteiger partial charge in [0.15, 0.2) is 6.79 Å². The van der Waals surface area contributed by atoms with E-state index in [1.54, 1.807) is 16.9 Å². The first kappa shape index (κ1) is 18.5. The third-order valence-corrected chi connectivity index (χ3v) is 4.64. The van der Waals surface area contributed by atoms with Crippen LogP contribution in [-0.4, -0.2) is 22.5 Å². The first-order valence-corrected chi connectivity index (χ1v) is 8.93. The summed E-state index contributed by atoms with van der Waals surface area (Å²) in [6.45, 7) is 0.643. The second-order valence-corrected chi connectivity index (χ2v) is 6.67. The largest absolute Gasteiger partial charge is 0.467 e. The maximum Gasteiger partial charge on any atom is 0.341 e. The van der Waals surface area contributed by atoms with Gasteiger partial charge in [-0.3, -0.25) is 4.68 Å². The molecule has 0 saturated heterocycles. The molecule has 28 heavy (non-hydrogen) atoms. The SMILES string of the molecule is O=C(OCc1cc(F)cc2c1OCOC2)c1cnn(Cc2ccccc2Cl)c1. The van der Waals surface area contributed by atoms with E-state index >= 15 is 0 Å². The van der Waals surface area contributed by atoms with E-state index in [1.165, 1.54) is 18.3 Å². The summed E-state index contributed by atoms with van der Waals surface area (Å²) in [7, 11) is 0. The molecule has 0 aliphatic carbocycles. The monoisotopic (exact) mass is 402 g/mol. The molecule has 6 nitrogen and oxygen atoms in total. The summed E-state index contributed by atoms with van der Waals surface area (Å²) >= 11 is 6.15. The molecule has 8 heteroatoms. The van der Waals surface area contributed by atoms with Gasteiger partial charge in [0.1, 0.15) is 18.2 Å². The molecule has 4 rings (SSSR count). The topological polar surface area (TPSA) is 62.6 Å². The molecule has 0 fully saturated rings. The van der Waals surface area contributed by atoms with Crippen LogP contribution in [0.1, 0.15) is 27.0 Å². The molecular weight excluding hydrogens is 387 g/mol. The van der Waals surface area contributed by atoms with Crippen LogP contribution < -0.4 is 4.74 Å². The Morgan fingerprint density at radius 3 is 3.00 bits per heavy atom. The van der Waals surface area contributed by atoms with E-state index in [0.717, 1.165) is 5.56 Å². The molecule has 2 aromatic carbocycles. The van der Waals surface area contributed by atoms with E-state index in [9.17, 15) is 9.18 Å². The fourth-order valence-electron chi connectivity index (χ4n) is 2.95. The van der Waals surface area contributed by atoms with E-state index < -0.39 is 11.8 Å². The molecule has 1 aromatic heterocycles. The normalized spacial score (nSPS) is 12.9. The van der Waals surface area contributed by atoms with E-state index in [-0.39, 0.29) is 20.0 Å². The minimum atomic E-state index is -0.560. The van der Waals surface area contributed by atoms with Crippen molar-refractivity contribution < 1.29 is 23.4 Å². The Bertz CT molecular complexity index is 1020. The van der Waals surface area contributed by atoms with Gasteiger partial charge in [-0.05, 0) is 23.8 Å². The molecule has 0 N–H and O–H groups in total. The van der Waals surface area contributed by atoms with Crippen molar-refractivity contribution >= 4 is 17.6 Å². The van der Waals surface area contributed by atoms with Crippen molar-refractivity contribution in [1.29, 1.82) is 0 Å². The Hall–Kier alpha value is -2.90. The molecule has 2 heterocycles. The maximum atomic E-state index is 13.8. The number of halogens is 2. The number of carbonyl (C=O) groups is 1. The van der Waals surface area contributed by atoms with Crippen molar-refractivity contribution in [2.45, 2.75) is 19.8 Å². The van der Waals surface area contributed by atoms with Gasteiger partial charge < -0.3 is 14.2 Å². The average molecular weight is 403 g/mol. The van der Waals surface area contributed by atoms with Crippen LogP contribution in [0.25, 0.3) is 0 Å². The zero-order valence-electron chi connectivity index (χ0n) is 14.7. The van der Waals surface area contributed by atoms with Gasteiger partial charge in [-0.15, -0.1) is 0 Å². The highest BCUT2D eigenvalue weighted by Crippen LogP contribution is 2.30. The Balaban J connectivity index is 1.43. The Kier molecular flexibility index (Phi) is 5.27. The summed E-state index contributed by atoms with van der Waals surface area (Å²) in [6, 6.07) is 10.0. The van der Waals surface area contributed by atoms with E-state index in [1.807, 2.05) is 18.2 Å². The predicted molar refractivity (Wildman–Crippen MR) is 98.6 cm³/mol. The van der Waals surface area contributed by atoms with E-state index in [2.05, 4.69) is 5.10 Å². The number of rotatable bonds is 5. The fourth-order valence-corrected chi connectivity index (χ4v) is 3.14. The molecular formula is C20H16ClFN2O4. The molecule has 0 atom stereocenters. The van der Waals surface area contributed by atoms with Crippen LogP contribution in [0.5, 0.6) is 5.75 Å². The quantitative estimate of drug-likeness (QED) is 0.605. The van der Waals surface area contributed by atoms with Crippen molar-refractivity contribution in [3.05, 3.63) is 81.9 Å². The molecule has 3 aromatic rings. The number of fused-ring (bicyclic) bond motifs is 1. The van der Waals surface area contributed by atoms with Crippen molar-refractivity contribution in [3.63, 3.8) is 0 Å². The van der Waals surface area contributed by atoms with Gasteiger partial charge in [-0.2, -0.15) is 5.10 Å². The van der Waals surface area contributed by atoms with E-state index in [4.69, 9.17) is 25.8 Å². The molecule has 1 aliphatic rings. The fraction of sp³-hybridized carbons (Fsp3) is 0.200. The molecule has 0 bridgehead atoms. The van der Waals surface area contributed by atoms with Gasteiger partial charge in [-0.1, -0.05) is 29.8 Å². The zero-order chi connectivity index (χ0) is 19.5. The van der Waals surface area contributed by atoms with Crippen LogP contribution in [0, 0.1) is 5.82 Å². The minimum Gasteiger partial charge on any atom is -0.467 e. The number of ether oxygens (including phenoxy) is 3. The van der Waals surface area contributed by atoms with Gasteiger partial charge in [0.05, 0.1) is 24.9 Å². The third kappa shape index (κ3) is 4.00. The summed E-state index contributed by atoms with van der Waals surface area (Å²) < 4.78 is 31.2. The number of hydrogen-bond acceptors (Lipinski definition) is 5. The molecule has 0 saturated carbocycles. The number of esters is 1.